The van der Waals surface area contributed by atoms with Gasteiger partial charge in [-0.2, -0.15) is 4.98 Å². The van der Waals surface area contributed by atoms with Gasteiger partial charge in [-0.1, -0.05) is 58.2 Å². The van der Waals surface area contributed by atoms with Gasteiger partial charge in [0.05, 0.1) is 15.7 Å². The van der Waals surface area contributed by atoms with Gasteiger partial charge in [-0.3, -0.25) is 4.79 Å². The average Bonchev–Trinajstić information content (AvgIpc) is 3.06. The highest BCUT2D eigenvalue weighted by atomic mass is 35.5. The van der Waals surface area contributed by atoms with Crippen LogP contribution >= 0.6 is 34.8 Å². The predicted octanol–water partition coefficient (Wildman–Crippen LogP) is 5.27. The molecule has 1 amide bonds. The van der Waals surface area contributed by atoms with Crippen LogP contribution in [0.25, 0.3) is 11.4 Å². The van der Waals surface area contributed by atoms with Crippen LogP contribution in [0.4, 0.5) is 5.69 Å². The largest absolute Gasteiger partial charge is 0.339 e. The fourth-order valence-electron chi connectivity index (χ4n) is 2.13. The van der Waals surface area contributed by atoms with Gasteiger partial charge in [-0.05, 0) is 24.3 Å². The summed E-state index contributed by atoms with van der Waals surface area (Å²) in [4.78, 5) is 16.3. The van der Waals surface area contributed by atoms with E-state index in [1.807, 2.05) is 6.07 Å². The Morgan fingerprint density at radius 3 is 2.72 bits per heavy atom. The third kappa shape index (κ3) is 4.51. The number of hydrogen-bond acceptors (Lipinski definition) is 4. The van der Waals surface area contributed by atoms with Crippen molar-refractivity contribution in [1.82, 2.24) is 10.1 Å². The third-order valence-corrected chi connectivity index (χ3v) is 4.40. The number of benzene rings is 2. The Balaban J connectivity index is 1.60. The molecule has 0 aliphatic heterocycles. The molecular weight excluding hydrogens is 385 g/mol. The van der Waals surface area contributed by atoms with Crippen molar-refractivity contribution in [2.75, 3.05) is 5.32 Å². The van der Waals surface area contributed by atoms with Crippen LogP contribution in [0.5, 0.6) is 0 Å². The van der Waals surface area contributed by atoms with Crippen LogP contribution in [0.3, 0.4) is 0 Å². The topological polar surface area (TPSA) is 68.0 Å². The van der Waals surface area contributed by atoms with E-state index >= 15 is 0 Å². The van der Waals surface area contributed by atoms with Crippen LogP contribution in [0, 0.1) is 0 Å². The smallest absolute Gasteiger partial charge is 0.227 e. The predicted molar refractivity (Wildman–Crippen MR) is 98.2 cm³/mol. The fraction of sp³-hybridized carbons (Fsp3) is 0.118. The maximum Gasteiger partial charge on any atom is 0.227 e. The van der Waals surface area contributed by atoms with E-state index in [4.69, 9.17) is 39.3 Å². The first-order valence-electron chi connectivity index (χ1n) is 7.35. The number of halogens is 3. The highest BCUT2D eigenvalue weighted by molar-refractivity contribution is 6.44. The lowest BCUT2D eigenvalue weighted by Gasteiger charge is -2.07. The number of anilines is 1. The van der Waals surface area contributed by atoms with E-state index in [0.717, 1.165) is 5.56 Å². The zero-order valence-electron chi connectivity index (χ0n) is 12.8. The van der Waals surface area contributed by atoms with Crippen LogP contribution in [-0.4, -0.2) is 16.0 Å². The van der Waals surface area contributed by atoms with Crippen molar-refractivity contribution in [2.24, 2.45) is 0 Å². The van der Waals surface area contributed by atoms with Crippen molar-refractivity contribution >= 4 is 46.4 Å². The van der Waals surface area contributed by atoms with Gasteiger partial charge >= 0.3 is 0 Å². The second-order valence-electron chi connectivity index (χ2n) is 5.17. The summed E-state index contributed by atoms with van der Waals surface area (Å²) in [6, 6.07) is 12.2. The molecular formula is C17H12Cl3N3O2. The molecule has 0 unspecified atom stereocenters. The minimum atomic E-state index is -0.230. The second-order valence-corrected chi connectivity index (χ2v) is 6.39. The summed E-state index contributed by atoms with van der Waals surface area (Å²) < 4.78 is 5.17. The third-order valence-electron chi connectivity index (χ3n) is 3.34. The Morgan fingerprint density at radius 1 is 1.12 bits per heavy atom. The maximum absolute atomic E-state index is 12.1. The minimum absolute atomic E-state index is 0.167. The molecule has 1 N–H and O–H groups in total. The average molecular weight is 397 g/mol. The Labute approximate surface area is 158 Å². The second kappa shape index (κ2) is 7.87. The van der Waals surface area contributed by atoms with Crippen molar-refractivity contribution in [3.05, 3.63) is 63.4 Å². The molecule has 0 bridgehead atoms. The van der Waals surface area contributed by atoms with Gasteiger partial charge in [0.15, 0.2) is 0 Å². The van der Waals surface area contributed by atoms with E-state index in [2.05, 4.69) is 15.5 Å². The molecule has 3 rings (SSSR count). The van der Waals surface area contributed by atoms with Crippen LogP contribution in [0.1, 0.15) is 12.3 Å². The lowest BCUT2D eigenvalue weighted by atomic mass is 10.2. The summed E-state index contributed by atoms with van der Waals surface area (Å²) in [6.45, 7) is 0. The van der Waals surface area contributed by atoms with Crippen LogP contribution in [-0.2, 0) is 11.2 Å². The van der Waals surface area contributed by atoms with E-state index in [9.17, 15) is 4.79 Å². The van der Waals surface area contributed by atoms with Crippen LogP contribution in [0.15, 0.2) is 47.0 Å². The highest BCUT2D eigenvalue weighted by Crippen LogP contribution is 2.29. The SMILES string of the molecule is O=C(CCc1nc(-c2cccc(Cl)c2)no1)Nc1cccc(Cl)c1Cl. The number of nitrogens with one attached hydrogen (secondary N) is 1. The van der Waals surface area contributed by atoms with Gasteiger partial charge in [-0.25, -0.2) is 0 Å². The van der Waals surface area contributed by atoms with Gasteiger partial charge < -0.3 is 9.84 Å². The van der Waals surface area contributed by atoms with Crippen molar-refractivity contribution in [3.8, 4) is 11.4 Å². The van der Waals surface area contributed by atoms with E-state index in [1.54, 1.807) is 36.4 Å². The molecule has 5 nitrogen and oxygen atoms in total. The Kier molecular flexibility index (Phi) is 5.58. The fourth-order valence-corrected chi connectivity index (χ4v) is 2.67. The Morgan fingerprint density at radius 2 is 1.92 bits per heavy atom. The van der Waals surface area contributed by atoms with Gasteiger partial charge in [0.25, 0.3) is 0 Å². The first-order chi connectivity index (χ1) is 12.0. The molecule has 0 aliphatic rings. The first kappa shape index (κ1) is 17.7. The van der Waals surface area contributed by atoms with Crippen molar-refractivity contribution in [1.29, 1.82) is 0 Å². The van der Waals surface area contributed by atoms with Crippen LogP contribution < -0.4 is 5.32 Å². The Hall–Kier alpha value is -2.08. The summed E-state index contributed by atoms with van der Waals surface area (Å²) in [5, 5.41) is 7.87. The molecule has 0 radical (unpaired) electrons. The van der Waals surface area contributed by atoms with Gasteiger partial charge in [0, 0.05) is 23.4 Å². The summed E-state index contributed by atoms with van der Waals surface area (Å²) in [5.41, 5.74) is 1.21. The van der Waals surface area contributed by atoms with Gasteiger partial charge in [0.1, 0.15) is 0 Å². The molecule has 3 aromatic rings. The van der Waals surface area contributed by atoms with E-state index in [1.165, 1.54) is 0 Å². The summed E-state index contributed by atoms with van der Waals surface area (Å²) in [7, 11) is 0. The van der Waals surface area contributed by atoms with Gasteiger partial charge in [-0.15, -0.1) is 0 Å². The molecule has 0 spiro atoms. The quantitative estimate of drug-likeness (QED) is 0.638. The molecule has 1 heterocycles. The number of amides is 1. The van der Waals surface area contributed by atoms with E-state index in [0.29, 0.717) is 38.9 Å². The zero-order chi connectivity index (χ0) is 17.8. The van der Waals surface area contributed by atoms with E-state index in [-0.39, 0.29) is 12.3 Å². The molecule has 128 valence electrons. The van der Waals surface area contributed by atoms with Crippen LogP contribution in [0.2, 0.25) is 15.1 Å². The molecule has 8 heteroatoms. The molecule has 2 aromatic carbocycles. The first-order valence-corrected chi connectivity index (χ1v) is 8.48. The summed E-state index contributed by atoms with van der Waals surface area (Å²) in [5.74, 6) is 0.560. The van der Waals surface area contributed by atoms with Crippen molar-refractivity contribution in [2.45, 2.75) is 12.8 Å². The number of aryl methyl sites for hydroxylation is 1. The number of carbonyl (C=O) groups is 1. The molecule has 0 atom stereocenters. The molecule has 0 fully saturated rings. The molecule has 1 aromatic heterocycles. The number of carbonyl (C=O) groups excluding carboxylic acids is 1. The lowest BCUT2D eigenvalue weighted by molar-refractivity contribution is -0.116. The maximum atomic E-state index is 12.1. The monoisotopic (exact) mass is 395 g/mol. The number of rotatable bonds is 5. The lowest BCUT2D eigenvalue weighted by Crippen LogP contribution is -2.12. The molecule has 0 aliphatic carbocycles. The van der Waals surface area contributed by atoms with Crippen molar-refractivity contribution < 1.29 is 9.32 Å². The zero-order valence-corrected chi connectivity index (χ0v) is 15.1. The standard InChI is InChI=1S/C17H12Cl3N3O2/c18-11-4-1-3-10(9-11)17-22-15(25-23-17)8-7-14(24)21-13-6-2-5-12(19)16(13)20/h1-6,9H,7-8H2,(H,21,24). The number of aromatic nitrogens is 2. The van der Waals surface area contributed by atoms with Crippen molar-refractivity contribution in [3.63, 3.8) is 0 Å². The van der Waals surface area contributed by atoms with Gasteiger partial charge in [0.2, 0.25) is 17.6 Å². The minimum Gasteiger partial charge on any atom is -0.339 e. The number of nitrogens with zero attached hydrogens (tertiary/aromatic N) is 2. The molecule has 25 heavy (non-hydrogen) atoms. The molecule has 0 saturated carbocycles. The number of hydrogen-bond donors (Lipinski definition) is 1. The van der Waals surface area contributed by atoms with E-state index < -0.39 is 0 Å². The highest BCUT2D eigenvalue weighted by Gasteiger charge is 2.12. The Bertz CT molecular complexity index is 912. The summed E-state index contributed by atoms with van der Waals surface area (Å²) in [6.07, 6.45) is 0.470. The molecule has 0 saturated heterocycles. The summed E-state index contributed by atoms with van der Waals surface area (Å²) >= 11 is 17.9. The normalized spacial score (nSPS) is 10.7.